The fourth-order valence-electron chi connectivity index (χ4n) is 3.20. The van der Waals surface area contributed by atoms with E-state index in [-0.39, 0.29) is 26.4 Å². The van der Waals surface area contributed by atoms with E-state index in [9.17, 15) is 9.59 Å². The van der Waals surface area contributed by atoms with Crippen molar-refractivity contribution in [2.24, 2.45) is 0 Å². The molecule has 0 aliphatic heterocycles. The SMILES string of the molecule is C=C(C)C(=O)OCCOc1ccc(-c2cccc(-c3ccc(OCCOC(=O)C(=C)C)cc3)c2)cc1. The van der Waals surface area contributed by atoms with Crippen molar-refractivity contribution in [3.63, 3.8) is 0 Å². The topological polar surface area (TPSA) is 71.1 Å². The lowest BCUT2D eigenvalue weighted by Crippen LogP contribution is -2.12. The minimum atomic E-state index is -0.419. The number of esters is 2. The van der Waals surface area contributed by atoms with Crippen molar-refractivity contribution in [1.29, 1.82) is 0 Å². The Kier molecular flexibility index (Phi) is 9.46. The maximum atomic E-state index is 11.4. The molecular formula is C30H30O6. The maximum absolute atomic E-state index is 11.4. The van der Waals surface area contributed by atoms with E-state index in [4.69, 9.17) is 18.9 Å². The molecule has 0 saturated carbocycles. The zero-order valence-corrected chi connectivity index (χ0v) is 20.6. The Bertz CT molecular complexity index is 1120. The summed E-state index contributed by atoms with van der Waals surface area (Å²) in [4.78, 5) is 22.8. The highest BCUT2D eigenvalue weighted by atomic mass is 16.6. The lowest BCUT2D eigenvalue weighted by molar-refractivity contribution is -0.140. The van der Waals surface area contributed by atoms with Gasteiger partial charge in [-0.25, -0.2) is 9.59 Å². The number of hydrogen-bond acceptors (Lipinski definition) is 6. The fourth-order valence-corrected chi connectivity index (χ4v) is 3.20. The van der Waals surface area contributed by atoms with Gasteiger partial charge in [0.15, 0.2) is 0 Å². The minimum Gasteiger partial charge on any atom is -0.490 e. The molecule has 0 amide bonds. The Morgan fingerprint density at radius 2 is 0.972 bits per heavy atom. The summed E-state index contributed by atoms with van der Waals surface area (Å²) in [5.74, 6) is 0.563. The molecule has 3 aromatic rings. The lowest BCUT2D eigenvalue weighted by atomic mass is 9.99. The van der Waals surface area contributed by atoms with Crippen molar-refractivity contribution >= 4 is 11.9 Å². The van der Waals surface area contributed by atoms with Crippen LogP contribution in [0.3, 0.4) is 0 Å². The van der Waals surface area contributed by atoms with Crippen LogP contribution in [-0.4, -0.2) is 38.4 Å². The van der Waals surface area contributed by atoms with E-state index in [1.807, 2.05) is 54.6 Å². The molecule has 0 aliphatic carbocycles. The Labute approximate surface area is 211 Å². The second-order valence-electron chi connectivity index (χ2n) is 8.16. The zero-order valence-electron chi connectivity index (χ0n) is 20.6. The Balaban J connectivity index is 1.54. The molecule has 0 heterocycles. The highest BCUT2D eigenvalue weighted by Gasteiger charge is 2.06. The molecule has 0 bridgehead atoms. The van der Waals surface area contributed by atoms with Crippen molar-refractivity contribution in [3.8, 4) is 33.8 Å². The molecule has 3 aromatic carbocycles. The van der Waals surface area contributed by atoms with Gasteiger partial charge in [-0.2, -0.15) is 0 Å². The van der Waals surface area contributed by atoms with Crippen LogP contribution in [0.25, 0.3) is 22.3 Å². The van der Waals surface area contributed by atoms with E-state index < -0.39 is 11.9 Å². The van der Waals surface area contributed by atoms with Gasteiger partial charge in [-0.3, -0.25) is 0 Å². The normalized spacial score (nSPS) is 10.3. The summed E-state index contributed by atoms with van der Waals surface area (Å²) in [6.45, 7) is 11.2. The second kappa shape index (κ2) is 13.0. The van der Waals surface area contributed by atoms with E-state index in [0.29, 0.717) is 22.6 Å². The highest BCUT2D eigenvalue weighted by molar-refractivity contribution is 5.87. The number of carbonyl (C=O) groups is 2. The van der Waals surface area contributed by atoms with Gasteiger partial charge in [-0.05, 0) is 66.4 Å². The summed E-state index contributed by atoms with van der Waals surface area (Å²) in [6.07, 6.45) is 0. The number of hydrogen-bond donors (Lipinski definition) is 0. The first kappa shape index (κ1) is 26.3. The van der Waals surface area contributed by atoms with Gasteiger partial charge >= 0.3 is 11.9 Å². The van der Waals surface area contributed by atoms with Gasteiger partial charge in [0.2, 0.25) is 0 Å². The van der Waals surface area contributed by atoms with Gasteiger partial charge < -0.3 is 18.9 Å². The molecule has 6 heteroatoms. The molecule has 0 radical (unpaired) electrons. The molecule has 0 aromatic heterocycles. The molecule has 0 unspecified atom stereocenters. The first-order valence-corrected chi connectivity index (χ1v) is 11.6. The van der Waals surface area contributed by atoms with Crippen LogP contribution in [0.4, 0.5) is 0 Å². The van der Waals surface area contributed by atoms with Crippen molar-refractivity contribution in [3.05, 3.63) is 97.1 Å². The van der Waals surface area contributed by atoms with E-state index in [1.165, 1.54) is 0 Å². The standard InChI is InChI=1S/C30H30O6/c1-21(2)29(31)35-18-16-33-27-12-8-23(9-13-27)25-6-5-7-26(20-25)24-10-14-28(15-11-24)34-17-19-36-30(32)22(3)4/h5-15,20H,1,3,16-19H2,2,4H3. The van der Waals surface area contributed by atoms with Crippen LogP contribution in [-0.2, 0) is 19.1 Å². The Morgan fingerprint density at radius 1 is 0.583 bits per heavy atom. The molecule has 0 aliphatic rings. The number of ether oxygens (including phenoxy) is 4. The van der Waals surface area contributed by atoms with E-state index in [0.717, 1.165) is 22.3 Å². The Hall–Kier alpha value is -4.32. The number of rotatable bonds is 12. The number of carbonyl (C=O) groups excluding carboxylic acids is 2. The van der Waals surface area contributed by atoms with Gasteiger partial charge in [0, 0.05) is 11.1 Å². The summed E-state index contributed by atoms with van der Waals surface area (Å²) in [7, 11) is 0. The monoisotopic (exact) mass is 486 g/mol. The summed E-state index contributed by atoms with van der Waals surface area (Å²) in [5, 5.41) is 0. The van der Waals surface area contributed by atoms with Crippen molar-refractivity contribution in [1.82, 2.24) is 0 Å². The van der Waals surface area contributed by atoms with Crippen LogP contribution in [0.2, 0.25) is 0 Å². The van der Waals surface area contributed by atoms with E-state index in [1.54, 1.807) is 13.8 Å². The first-order valence-electron chi connectivity index (χ1n) is 11.6. The Morgan fingerprint density at radius 3 is 1.33 bits per heavy atom. The van der Waals surface area contributed by atoms with Crippen LogP contribution in [0.1, 0.15) is 13.8 Å². The molecule has 36 heavy (non-hydrogen) atoms. The fraction of sp³-hybridized carbons (Fsp3) is 0.200. The number of benzene rings is 3. The third-order valence-corrected chi connectivity index (χ3v) is 5.11. The highest BCUT2D eigenvalue weighted by Crippen LogP contribution is 2.28. The molecule has 0 N–H and O–H groups in total. The van der Waals surface area contributed by atoms with Crippen molar-refractivity contribution in [2.75, 3.05) is 26.4 Å². The van der Waals surface area contributed by atoms with E-state index >= 15 is 0 Å². The summed E-state index contributed by atoms with van der Waals surface area (Å²) in [6, 6.07) is 23.8. The predicted octanol–water partition coefficient (Wildman–Crippen LogP) is 6.02. The second-order valence-corrected chi connectivity index (χ2v) is 8.16. The zero-order chi connectivity index (χ0) is 25.9. The molecular weight excluding hydrogens is 456 g/mol. The largest absolute Gasteiger partial charge is 0.490 e. The van der Waals surface area contributed by atoms with Gasteiger partial charge in [0.05, 0.1) is 0 Å². The molecule has 3 rings (SSSR count). The molecule has 0 spiro atoms. The van der Waals surface area contributed by atoms with Gasteiger partial charge in [-0.15, -0.1) is 0 Å². The van der Waals surface area contributed by atoms with E-state index in [2.05, 4.69) is 31.4 Å². The van der Waals surface area contributed by atoms with Crippen LogP contribution >= 0.6 is 0 Å². The van der Waals surface area contributed by atoms with Crippen molar-refractivity contribution < 1.29 is 28.5 Å². The molecule has 186 valence electrons. The lowest BCUT2D eigenvalue weighted by Gasteiger charge is -2.10. The summed E-state index contributed by atoms with van der Waals surface area (Å²) < 4.78 is 21.3. The quantitative estimate of drug-likeness (QED) is 0.177. The predicted molar refractivity (Wildman–Crippen MR) is 140 cm³/mol. The van der Waals surface area contributed by atoms with Crippen LogP contribution in [0.5, 0.6) is 11.5 Å². The average molecular weight is 487 g/mol. The van der Waals surface area contributed by atoms with Crippen LogP contribution in [0.15, 0.2) is 97.1 Å². The first-order chi connectivity index (χ1) is 17.3. The molecule has 6 nitrogen and oxygen atoms in total. The third-order valence-electron chi connectivity index (χ3n) is 5.11. The maximum Gasteiger partial charge on any atom is 0.333 e. The summed E-state index contributed by atoms with van der Waals surface area (Å²) >= 11 is 0. The third kappa shape index (κ3) is 7.87. The molecule has 0 fully saturated rings. The smallest absolute Gasteiger partial charge is 0.333 e. The van der Waals surface area contributed by atoms with Crippen molar-refractivity contribution in [2.45, 2.75) is 13.8 Å². The molecule has 0 saturated heterocycles. The minimum absolute atomic E-state index is 0.168. The molecule has 0 atom stereocenters. The van der Waals surface area contributed by atoms with Crippen LogP contribution < -0.4 is 9.47 Å². The average Bonchev–Trinajstić information content (AvgIpc) is 2.89. The van der Waals surface area contributed by atoms with Gasteiger partial charge in [0.25, 0.3) is 0 Å². The van der Waals surface area contributed by atoms with Gasteiger partial charge in [0.1, 0.15) is 37.9 Å². The van der Waals surface area contributed by atoms with Crippen LogP contribution in [0, 0.1) is 0 Å². The summed E-state index contributed by atoms with van der Waals surface area (Å²) in [5.41, 5.74) is 5.00. The van der Waals surface area contributed by atoms with Gasteiger partial charge in [-0.1, -0.05) is 55.6 Å².